The van der Waals surface area contributed by atoms with Gasteiger partial charge >= 0.3 is 6.18 Å². The van der Waals surface area contributed by atoms with Gasteiger partial charge in [-0.05, 0) is 43.2 Å². The predicted octanol–water partition coefficient (Wildman–Crippen LogP) is 4.39. The van der Waals surface area contributed by atoms with E-state index in [-0.39, 0.29) is 5.69 Å². The molecule has 7 heteroatoms. The van der Waals surface area contributed by atoms with Crippen LogP contribution >= 0.6 is 0 Å². The third-order valence-electron chi connectivity index (χ3n) is 4.67. The molecule has 0 aliphatic carbocycles. The maximum Gasteiger partial charge on any atom is 0.416 e. The van der Waals surface area contributed by atoms with Crippen molar-refractivity contribution in [1.82, 2.24) is 4.90 Å². The Morgan fingerprint density at radius 2 is 1.85 bits per heavy atom. The number of anilines is 2. The van der Waals surface area contributed by atoms with Gasteiger partial charge in [-0.2, -0.15) is 13.2 Å². The van der Waals surface area contributed by atoms with Crippen molar-refractivity contribution in [3.05, 3.63) is 59.2 Å². The van der Waals surface area contributed by atoms with Crippen LogP contribution in [0, 0.1) is 6.92 Å². The number of aliphatic imine (C=N–C) groups is 1. The highest BCUT2D eigenvalue weighted by Gasteiger charge is 2.33. The summed E-state index contributed by atoms with van der Waals surface area (Å²) in [6.07, 6.45) is -2.96. The number of aryl methyl sites for hydroxylation is 1. The molecule has 1 fully saturated rings. The Morgan fingerprint density at radius 3 is 2.37 bits per heavy atom. The molecule has 4 nitrogen and oxygen atoms in total. The quantitative estimate of drug-likeness (QED) is 0.451. The summed E-state index contributed by atoms with van der Waals surface area (Å²) in [4.78, 5) is 19.5. The van der Waals surface area contributed by atoms with E-state index in [1.54, 1.807) is 19.2 Å². The molecule has 0 spiro atoms. The number of benzene rings is 2. The van der Waals surface area contributed by atoms with Gasteiger partial charge in [0.2, 0.25) is 6.41 Å². The Bertz CT molecular complexity index is 873. The second kappa shape index (κ2) is 7.42. The van der Waals surface area contributed by atoms with Crippen LogP contribution in [0.1, 0.15) is 23.1 Å². The molecule has 0 radical (unpaired) electrons. The predicted molar refractivity (Wildman–Crippen MR) is 99.5 cm³/mol. The molecule has 1 saturated heterocycles. The summed E-state index contributed by atoms with van der Waals surface area (Å²) in [5.41, 5.74) is 1.18. The van der Waals surface area contributed by atoms with E-state index in [0.29, 0.717) is 23.5 Å². The number of nitrogens with zero attached hydrogens (tertiary/aromatic N) is 3. The molecule has 0 aromatic heterocycles. The molecule has 1 amide bonds. The smallest absolute Gasteiger partial charge is 0.356 e. The highest BCUT2D eigenvalue weighted by Crippen LogP contribution is 2.37. The molecule has 2 aromatic rings. The van der Waals surface area contributed by atoms with Gasteiger partial charge in [0, 0.05) is 25.7 Å². The molecule has 1 aliphatic heterocycles. The average Bonchev–Trinajstić information content (AvgIpc) is 2.59. The topological polar surface area (TPSA) is 35.9 Å². The molecule has 27 heavy (non-hydrogen) atoms. The first-order chi connectivity index (χ1) is 12.9. The van der Waals surface area contributed by atoms with Crippen LogP contribution in [0.3, 0.4) is 0 Å². The third-order valence-corrected chi connectivity index (χ3v) is 4.67. The molecule has 0 atom stereocenters. The van der Waals surface area contributed by atoms with Crippen molar-refractivity contribution in [3.8, 4) is 0 Å². The summed E-state index contributed by atoms with van der Waals surface area (Å²) in [7, 11) is 1.61. The molecule has 0 N–H and O–H groups in total. The highest BCUT2D eigenvalue weighted by molar-refractivity contribution is 6.07. The van der Waals surface area contributed by atoms with Crippen LogP contribution in [-0.2, 0) is 11.0 Å². The zero-order chi connectivity index (χ0) is 19.6. The fourth-order valence-electron chi connectivity index (χ4n) is 3.13. The lowest BCUT2D eigenvalue weighted by molar-refractivity contribution is -0.137. The van der Waals surface area contributed by atoms with E-state index < -0.39 is 11.7 Å². The number of alkyl halides is 3. The van der Waals surface area contributed by atoms with Crippen molar-refractivity contribution >= 4 is 23.6 Å². The fraction of sp³-hybridized carbons (Fsp3) is 0.300. The average molecular weight is 375 g/mol. The Morgan fingerprint density at radius 1 is 1.15 bits per heavy atom. The maximum atomic E-state index is 13.3. The number of halogens is 3. The first kappa shape index (κ1) is 18.9. The molecule has 0 unspecified atom stereocenters. The van der Waals surface area contributed by atoms with Crippen molar-refractivity contribution in [2.24, 2.45) is 4.99 Å². The maximum absolute atomic E-state index is 13.3. The van der Waals surface area contributed by atoms with Crippen LogP contribution in [0.4, 0.5) is 24.5 Å². The summed E-state index contributed by atoms with van der Waals surface area (Å²) >= 11 is 0. The van der Waals surface area contributed by atoms with Crippen LogP contribution in [0.2, 0.25) is 0 Å². The van der Waals surface area contributed by atoms with E-state index in [1.807, 2.05) is 24.0 Å². The van der Waals surface area contributed by atoms with Crippen molar-refractivity contribution in [3.63, 3.8) is 0 Å². The first-order valence-corrected chi connectivity index (χ1v) is 8.60. The molecule has 3 rings (SSSR count). The van der Waals surface area contributed by atoms with Crippen molar-refractivity contribution in [2.45, 2.75) is 19.5 Å². The Labute approximate surface area is 155 Å². The van der Waals surface area contributed by atoms with Gasteiger partial charge in [-0.1, -0.05) is 18.2 Å². The number of carbonyl (C=O) groups excluding carboxylic acids is 1. The van der Waals surface area contributed by atoms with Gasteiger partial charge < -0.3 is 4.90 Å². The van der Waals surface area contributed by atoms with Crippen LogP contribution < -0.4 is 4.90 Å². The van der Waals surface area contributed by atoms with Gasteiger partial charge in [0.25, 0.3) is 0 Å². The molecule has 1 aliphatic rings. The van der Waals surface area contributed by atoms with Gasteiger partial charge in [0.15, 0.2) is 0 Å². The second-order valence-corrected chi connectivity index (χ2v) is 6.38. The van der Waals surface area contributed by atoms with Crippen LogP contribution in [-0.4, -0.2) is 37.3 Å². The van der Waals surface area contributed by atoms with Gasteiger partial charge in [-0.25, -0.2) is 0 Å². The zero-order valence-electron chi connectivity index (χ0n) is 15.1. The lowest BCUT2D eigenvalue weighted by atomic mass is 10.0. The molecule has 1 heterocycles. The number of amidine groups is 1. The number of hydrogen-bond acceptors (Lipinski definition) is 2. The summed E-state index contributed by atoms with van der Waals surface area (Å²) in [6, 6.07) is 10.5. The number of carbonyl (C=O) groups is 1. The first-order valence-electron chi connectivity index (χ1n) is 8.60. The molecule has 142 valence electrons. The number of hydrogen-bond donors (Lipinski definition) is 0. The minimum absolute atomic E-state index is 0.168. The molecular weight excluding hydrogens is 355 g/mol. The summed E-state index contributed by atoms with van der Waals surface area (Å²) in [6.45, 7) is 3.39. The summed E-state index contributed by atoms with van der Waals surface area (Å²) in [5.74, 6) is 0.588. The number of amides is 1. The Kier molecular flexibility index (Phi) is 5.21. The van der Waals surface area contributed by atoms with Gasteiger partial charge in [-0.3, -0.25) is 14.7 Å². The SMILES string of the molecule is CN=C(c1ccc(C(F)(F)F)cc1N(C=O)c1ccccc1C)N1CCC1. The molecule has 2 aromatic carbocycles. The van der Waals surface area contributed by atoms with E-state index in [1.165, 1.54) is 11.0 Å². The van der Waals surface area contributed by atoms with Crippen molar-refractivity contribution < 1.29 is 18.0 Å². The lowest BCUT2D eigenvalue weighted by Gasteiger charge is -2.35. The van der Waals surface area contributed by atoms with Crippen molar-refractivity contribution in [1.29, 1.82) is 0 Å². The van der Waals surface area contributed by atoms with Gasteiger partial charge in [0.05, 0.1) is 16.9 Å². The van der Waals surface area contributed by atoms with E-state index in [9.17, 15) is 18.0 Å². The number of likely N-dealkylation sites (tertiary alicyclic amines) is 1. The number of para-hydroxylation sites is 1. The third kappa shape index (κ3) is 3.67. The van der Waals surface area contributed by atoms with E-state index in [0.717, 1.165) is 37.2 Å². The monoisotopic (exact) mass is 375 g/mol. The van der Waals surface area contributed by atoms with E-state index in [2.05, 4.69) is 4.99 Å². The summed E-state index contributed by atoms with van der Waals surface area (Å²) < 4.78 is 40.0. The highest BCUT2D eigenvalue weighted by atomic mass is 19.4. The normalized spacial score (nSPS) is 14.7. The van der Waals surface area contributed by atoms with Crippen LogP contribution in [0.5, 0.6) is 0 Å². The standard InChI is InChI=1S/C20H20F3N3O/c1-14-6-3-4-7-17(14)26(13-27)18-12-15(20(21,22)23)8-9-16(18)19(24-2)25-10-5-11-25/h3-4,6-9,12-13H,5,10-11H2,1-2H3. The minimum Gasteiger partial charge on any atom is -0.356 e. The minimum atomic E-state index is -4.51. The van der Waals surface area contributed by atoms with Crippen molar-refractivity contribution in [2.75, 3.05) is 25.0 Å². The molecular formula is C20H20F3N3O. The zero-order valence-corrected chi connectivity index (χ0v) is 15.1. The molecule has 0 bridgehead atoms. The van der Waals surface area contributed by atoms with E-state index in [4.69, 9.17) is 0 Å². The Balaban J connectivity index is 2.20. The van der Waals surface area contributed by atoms with Gasteiger partial charge in [-0.15, -0.1) is 0 Å². The lowest BCUT2D eigenvalue weighted by Crippen LogP contribution is -2.43. The van der Waals surface area contributed by atoms with Crippen LogP contribution in [0.25, 0.3) is 0 Å². The molecule has 0 saturated carbocycles. The van der Waals surface area contributed by atoms with Crippen LogP contribution in [0.15, 0.2) is 47.5 Å². The second-order valence-electron chi connectivity index (χ2n) is 6.38. The Hall–Kier alpha value is -2.83. The van der Waals surface area contributed by atoms with E-state index >= 15 is 0 Å². The fourth-order valence-corrected chi connectivity index (χ4v) is 3.13. The summed E-state index contributed by atoms with van der Waals surface area (Å²) in [5, 5.41) is 0. The largest absolute Gasteiger partial charge is 0.416 e. The van der Waals surface area contributed by atoms with Gasteiger partial charge in [0.1, 0.15) is 5.84 Å². The number of rotatable bonds is 4.